The van der Waals surface area contributed by atoms with Gasteiger partial charge in [-0.25, -0.2) is 54.8 Å². The monoisotopic (exact) mass is 1950 g/mol. The maximum Gasteiger partial charge on any atom is 0.316 e. The van der Waals surface area contributed by atoms with E-state index in [0.717, 1.165) is 136 Å². The molecule has 0 amide bonds. The van der Waals surface area contributed by atoms with Crippen LogP contribution in [-0.2, 0) is 13.5 Å². The fourth-order valence-electron chi connectivity index (χ4n) is 17.9. The van der Waals surface area contributed by atoms with Crippen LogP contribution in [0.1, 0.15) is 100 Å². The summed E-state index contributed by atoms with van der Waals surface area (Å²) in [6.07, 6.45) is 21.0. The zero-order valence-corrected chi connectivity index (χ0v) is 81.1. The van der Waals surface area contributed by atoms with Gasteiger partial charge in [-0.1, -0.05) is 121 Å². The highest BCUT2D eigenvalue weighted by molar-refractivity contribution is 7.17. The molecule has 0 bridgehead atoms. The highest BCUT2D eigenvalue weighted by Gasteiger charge is 2.28. The Labute approximate surface area is 825 Å². The highest BCUT2D eigenvalue weighted by Crippen LogP contribution is 2.39. The molecule has 0 aliphatic heterocycles. The molecule has 0 aliphatic carbocycles. The SMILES string of the molecule is CC(C)n1c([C@H](C)Nc2nccc3scnc23)cc2cccc(-c3ccc(=O)n(C)c3)c2c1=O.COc1ncc(-c2cccc3cc([C@H](C)Nc4ccnc5scnc45)n(-c4ccccc4)c(=O)c23)cn1.COc1ncc(-c2cccc3cc([C@H](C)Nc4nccc5scnc45)n(-c4ccon4)c(=O)c23)cn1.C[C@H](Cc1nccc2scnc12)c1cc2cccc(-c3ccnnc3)c2c(=O)n1-c1ccccc1. The van der Waals surface area contributed by atoms with E-state index in [4.69, 9.17) is 14.0 Å². The summed E-state index contributed by atoms with van der Waals surface area (Å²) in [5.41, 5.74) is 23.1. The number of nitrogens with one attached hydrogen (secondary N) is 3. The largest absolute Gasteiger partial charge is 0.467 e. The third-order valence-corrected chi connectivity index (χ3v) is 27.7. The zero-order chi connectivity index (χ0) is 97.8. The number of anilines is 3. The lowest BCUT2D eigenvalue weighted by atomic mass is 9.95. The van der Waals surface area contributed by atoms with Crippen LogP contribution >= 0.6 is 45.3 Å². The van der Waals surface area contributed by atoms with Crippen molar-refractivity contribution >= 4 is 147 Å². The summed E-state index contributed by atoms with van der Waals surface area (Å²) in [6, 6.07) is 65.4. The van der Waals surface area contributed by atoms with Crippen molar-refractivity contribution in [2.24, 2.45) is 7.05 Å². The van der Waals surface area contributed by atoms with Crippen LogP contribution < -0.4 is 53.2 Å². The van der Waals surface area contributed by atoms with Crippen LogP contribution in [0.4, 0.5) is 17.3 Å². The van der Waals surface area contributed by atoms with Gasteiger partial charge in [-0.3, -0.25) is 42.7 Å². The molecule has 3 N–H and O–H groups in total. The van der Waals surface area contributed by atoms with E-state index in [1.807, 2.05) is 231 Å². The number of para-hydroxylation sites is 2. The number of fused-ring (bicyclic) bond motifs is 8. The van der Waals surface area contributed by atoms with Gasteiger partial charge in [0, 0.05) is 132 Å². The topological polar surface area (TPSA) is 371 Å². The second-order valence-corrected chi connectivity index (χ2v) is 37.2. The Bertz CT molecular complexity index is 8950. The number of nitrogens with zero attached hydrogens (tertiary/aromatic N) is 20. The Balaban J connectivity index is 0.000000116. The molecular formula is C107H87N23O8S4. The van der Waals surface area contributed by atoms with E-state index in [1.165, 1.54) is 42.5 Å². The van der Waals surface area contributed by atoms with Crippen molar-refractivity contribution in [3.8, 4) is 73.7 Å². The van der Waals surface area contributed by atoms with Gasteiger partial charge in [0.15, 0.2) is 17.5 Å². The average molecular weight is 1950 g/mol. The van der Waals surface area contributed by atoms with Crippen LogP contribution in [0.2, 0.25) is 0 Å². The molecule has 0 aliphatic rings. The summed E-state index contributed by atoms with van der Waals surface area (Å²) in [5.74, 6) is 1.75. The number of hydrogen-bond donors (Lipinski definition) is 3. The summed E-state index contributed by atoms with van der Waals surface area (Å²) in [5, 5.41) is 28.2. The van der Waals surface area contributed by atoms with Crippen molar-refractivity contribution in [1.82, 2.24) is 98.0 Å². The number of rotatable bonds is 22. The summed E-state index contributed by atoms with van der Waals surface area (Å²) >= 11 is 6.22. The van der Waals surface area contributed by atoms with Gasteiger partial charge in [-0.15, -0.1) is 45.3 Å². The third-order valence-electron chi connectivity index (χ3n) is 24.5. The minimum Gasteiger partial charge on any atom is -0.467 e. The standard InChI is InChI=1S/C28H22N6O2S.C28H21N5OS.C26H25N5O2S.C25H19N7O3S/c1-17(33-22-11-12-29-26-25(22)32-16-37-26)23-13-18-7-6-10-21(19-14-30-28(36-2)31-15-19)24(18)27(35)34(23)20-8-4-3-5-9-20;1-18(14-23-27-25(11-12-29-23)35-17-30-27)24-15-19-6-5-9-22(20-10-13-31-32-16-20)26(19)28(34)33(24)21-7-3-2-4-8-21;1-15(2)31-20(16(3)29-25-24-21(10-11-27-25)34-14-28-24)12-17-6-5-7-19(23(17)26(31)33)18-8-9-22(32)30(4)13-18;1-14(30-23-22-19(6-8-26-23)36-13-29-22)18-10-15-4-3-5-17(16-11-27-25(34-2)28-12-16)21(15)24(33)32(18)20-7-9-35-31-20/h3-17H,1-2H3,(H,29,33);2-13,15-18H,14H2,1H3;5-16H,1-4H3,(H,27,29);3-14H,1-2H3,(H,26,30)/t17-;18-;16-;14-/m0100/s1. The Hall–Kier alpha value is -17.3. The molecule has 0 saturated carbocycles. The smallest absolute Gasteiger partial charge is 0.316 e. The third kappa shape index (κ3) is 18.4. The molecule has 142 heavy (non-hydrogen) atoms. The number of aromatic nitrogens is 20. The first-order chi connectivity index (χ1) is 69.3. The quantitative estimate of drug-likeness (QED) is 0.0567. The molecule has 4 atom stereocenters. The Kier molecular flexibility index (Phi) is 26.3. The Morgan fingerprint density at radius 1 is 0.380 bits per heavy atom. The van der Waals surface area contributed by atoms with Gasteiger partial charge >= 0.3 is 12.0 Å². The predicted octanol–water partition coefficient (Wildman–Crippen LogP) is 21.2. The number of pyridine rings is 9. The predicted molar refractivity (Wildman–Crippen MR) is 562 cm³/mol. The van der Waals surface area contributed by atoms with E-state index in [9.17, 15) is 24.0 Å². The first-order valence-corrected chi connectivity index (χ1v) is 48.8. The minimum atomic E-state index is -0.313. The molecule has 35 heteroatoms. The Morgan fingerprint density at radius 3 is 1.36 bits per heavy atom. The zero-order valence-electron chi connectivity index (χ0n) is 77.8. The second kappa shape index (κ2) is 40.4. The first kappa shape index (κ1) is 92.4. The maximum atomic E-state index is 14.2. The van der Waals surface area contributed by atoms with Crippen molar-refractivity contribution < 1.29 is 14.0 Å². The summed E-state index contributed by atoms with van der Waals surface area (Å²) in [7, 11) is 4.74. The molecule has 702 valence electrons. The van der Waals surface area contributed by atoms with Crippen LogP contribution in [0.15, 0.2) is 331 Å². The normalized spacial score (nSPS) is 12.2. The van der Waals surface area contributed by atoms with Gasteiger partial charge in [-0.05, 0) is 175 Å². The lowest BCUT2D eigenvalue weighted by molar-refractivity contribution is 0.380. The average Bonchev–Trinajstić information content (AvgIpc) is 1.08. The highest BCUT2D eigenvalue weighted by atomic mass is 32.1. The maximum absolute atomic E-state index is 14.2. The van der Waals surface area contributed by atoms with Gasteiger partial charge < -0.3 is 39.1 Å². The fourth-order valence-corrected chi connectivity index (χ4v) is 20.6. The molecule has 23 aromatic rings. The Morgan fingerprint density at radius 2 is 0.838 bits per heavy atom. The van der Waals surface area contributed by atoms with Crippen molar-refractivity contribution in [2.75, 3.05) is 30.2 Å². The molecule has 23 rings (SSSR count). The minimum absolute atomic E-state index is 0.0263. The number of hydrogen-bond acceptors (Lipinski definition) is 30. The van der Waals surface area contributed by atoms with Gasteiger partial charge in [0.05, 0.1) is 120 Å². The number of aryl methyl sites for hydroxylation is 1. The molecule has 0 radical (unpaired) electrons. The van der Waals surface area contributed by atoms with Gasteiger partial charge in [0.25, 0.3) is 22.2 Å². The summed E-state index contributed by atoms with van der Waals surface area (Å²) in [4.78, 5) is 122. The van der Waals surface area contributed by atoms with Crippen LogP contribution in [0.3, 0.4) is 0 Å². The van der Waals surface area contributed by atoms with Crippen LogP contribution in [0.5, 0.6) is 12.0 Å². The molecule has 17 heterocycles. The molecule has 0 spiro atoms. The first-order valence-electron chi connectivity index (χ1n) is 45.3. The molecule has 31 nitrogen and oxygen atoms in total. The van der Waals surface area contributed by atoms with Crippen molar-refractivity contribution in [3.05, 3.63) is 383 Å². The number of ether oxygens (including phenoxy) is 2. The van der Waals surface area contributed by atoms with E-state index < -0.39 is 0 Å². The lowest BCUT2D eigenvalue weighted by Crippen LogP contribution is -2.28. The van der Waals surface area contributed by atoms with E-state index in [0.29, 0.717) is 62.2 Å². The summed E-state index contributed by atoms with van der Waals surface area (Å²) in [6.45, 7) is 12.2. The van der Waals surface area contributed by atoms with Crippen molar-refractivity contribution in [3.63, 3.8) is 0 Å². The molecule has 0 fully saturated rings. The van der Waals surface area contributed by atoms with E-state index in [1.54, 1.807) is 135 Å². The van der Waals surface area contributed by atoms with Crippen LogP contribution in [0, 0.1) is 0 Å². The molecule has 6 aromatic carbocycles. The van der Waals surface area contributed by atoms with E-state index >= 15 is 0 Å². The second-order valence-electron chi connectivity index (χ2n) is 33.7. The van der Waals surface area contributed by atoms with Crippen molar-refractivity contribution in [1.29, 1.82) is 0 Å². The summed E-state index contributed by atoms with van der Waals surface area (Å²) < 4.78 is 27.0. The van der Waals surface area contributed by atoms with Crippen LogP contribution in [0.25, 0.3) is 146 Å². The number of benzene rings is 6. The number of methoxy groups -OCH3 is 2. The molecule has 17 aromatic heterocycles. The molecule has 0 unspecified atom stereocenters. The molecule has 0 saturated heterocycles. The van der Waals surface area contributed by atoms with Crippen molar-refractivity contribution in [2.45, 2.75) is 78.0 Å². The molecular weight excluding hydrogens is 1860 g/mol. The van der Waals surface area contributed by atoms with E-state index in [-0.39, 0.29) is 69.9 Å². The van der Waals surface area contributed by atoms with Gasteiger partial charge in [-0.2, -0.15) is 10.2 Å². The number of thiazole rings is 4. The van der Waals surface area contributed by atoms with E-state index in [2.05, 4.69) is 116 Å². The van der Waals surface area contributed by atoms with Gasteiger partial charge in [0.1, 0.15) is 33.2 Å². The van der Waals surface area contributed by atoms with Gasteiger partial charge in [0.2, 0.25) is 5.56 Å². The lowest BCUT2D eigenvalue weighted by Gasteiger charge is -2.24. The fraction of sp³-hybridized carbons (Fsp3) is 0.140. The van der Waals surface area contributed by atoms with Crippen LogP contribution in [-0.4, -0.2) is 112 Å².